The van der Waals surface area contributed by atoms with Gasteiger partial charge in [-0.15, -0.1) is 0 Å². The summed E-state index contributed by atoms with van der Waals surface area (Å²) >= 11 is 0. The largest absolute Gasteiger partial charge is 0.481 e. The van der Waals surface area contributed by atoms with Crippen molar-refractivity contribution in [2.75, 3.05) is 19.7 Å². The van der Waals surface area contributed by atoms with E-state index < -0.39 is 55.1 Å². The Hall–Kier alpha value is -3.56. The number of nitrogens with one attached hydrogen (secondary N) is 1. The molecule has 10 heteroatoms. The highest BCUT2D eigenvalue weighted by Crippen LogP contribution is 2.44. The lowest BCUT2D eigenvalue weighted by molar-refractivity contribution is -0.188. The number of hydrogen-bond acceptors (Lipinski definition) is 4. The number of carbonyl (C=O) groups excluding carboxylic acids is 2. The lowest BCUT2D eigenvalue weighted by atomic mass is 9.96. The van der Waals surface area contributed by atoms with E-state index >= 15 is 0 Å². The number of likely N-dealkylation sites (tertiary alicyclic amines) is 1. The van der Waals surface area contributed by atoms with Crippen LogP contribution in [0, 0.1) is 11.8 Å². The molecule has 1 aliphatic carbocycles. The molecule has 0 spiro atoms. The van der Waals surface area contributed by atoms with Crippen LogP contribution in [0.1, 0.15) is 30.4 Å². The quantitative estimate of drug-likeness (QED) is 0.638. The summed E-state index contributed by atoms with van der Waals surface area (Å²) < 4.78 is 44.9. The van der Waals surface area contributed by atoms with E-state index in [-0.39, 0.29) is 18.9 Å². The Morgan fingerprint density at radius 1 is 1.06 bits per heavy atom. The van der Waals surface area contributed by atoms with Crippen LogP contribution in [-0.2, 0) is 14.3 Å². The monoisotopic (exact) mass is 490 g/mol. The Bertz CT molecular complexity index is 1090. The van der Waals surface area contributed by atoms with Crippen molar-refractivity contribution in [1.82, 2.24) is 10.2 Å². The molecular weight excluding hydrogens is 465 g/mol. The van der Waals surface area contributed by atoms with Crippen molar-refractivity contribution in [3.63, 3.8) is 0 Å². The van der Waals surface area contributed by atoms with Crippen LogP contribution in [0.4, 0.5) is 18.0 Å². The smallest absolute Gasteiger partial charge is 0.407 e. The molecule has 7 nitrogen and oxygen atoms in total. The molecule has 1 fully saturated rings. The molecule has 1 saturated heterocycles. The van der Waals surface area contributed by atoms with Gasteiger partial charge >= 0.3 is 18.2 Å². The maximum Gasteiger partial charge on any atom is 0.407 e. The van der Waals surface area contributed by atoms with Crippen LogP contribution < -0.4 is 5.32 Å². The Balaban J connectivity index is 1.31. The normalized spacial score (nSPS) is 20.2. The number of alkyl carbamates (subject to hydrolysis) is 1. The summed E-state index contributed by atoms with van der Waals surface area (Å²) in [5, 5.41) is 11.6. The van der Waals surface area contributed by atoms with Gasteiger partial charge in [-0.25, -0.2) is 4.79 Å². The first kappa shape index (κ1) is 24.6. The number of rotatable bonds is 6. The van der Waals surface area contributed by atoms with Crippen molar-refractivity contribution in [1.29, 1.82) is 0 Å². The van der Waals surface area contributed by atoms with Gasteiger partial charge in [0.15, 0.2) is 0 Å². The van der Waals surface area contributed by atoms with Gasteiger partial charge in [-0.05, 0) is 29.2 Å². The van der Waals surface area contributed by atoms with E-state index in [1.807, 2.05) is 48.5 Å². The third kappa shape index (κ3) is 5.11. The van der Waals surface area contributed by atoms with E-state index in [2.05, 4.69) is 5.32 Å². The molecule has 2 N–H and O–H groups in total. The molecule has 0 saturated carbocycles. The maximum absolute atomic E-state index is 13.2. The number of carboxylic acids is 1. The fourth-order valence-corrected chi connectivity index (χ4v) is 4.87. The number of benzene rings is 2. The van der Waals surface area contributed by atoms with Gasteiger partial charge in [0.1, 0.15) is 6.61 Å². The number of alkyl halides is 3. The molecule has 1 aliphatic heterocycles. The zero-order valence-corrected chi connectivity index (χ0v) is 18.9. The third-order valence-electron chi connectivity index (χ3n) is 6.60. The maximum atomic E-state index is 13.2. The van der Waals surface area contributed by atoms with Crippen molar-refractivity contribution in [3.8, 4) is 11.1 Å². The lowest BCUT2D eigenvalue weighted by Gasteiger charge is -2.21. The minimum atomic E-state index is -4.72. The van der Waals surface area contributed by atoms with Gasteiger partial charge in [0.25, 0.3) is 0 Å². The highest BCUT2D eigenvalue weighted by molar-refractivity contribution is 5.81. The lowest BCUT2D eigenvalue weighted by Crippen LogP contribution is -2.39. The van der Waals surface area contributed by atoms with Crippen LogP contribution in [0.5, 0.6) is 0 Å². The highest BCUT2D eigenvalue weighted by atomic mass is 19.4. The van der Waals surface area contributed by atoms with Gasteiger partial charge in [0, 0.05) is 31.5 Å². The Morgan fingerprint density at radius 3 is 2.14 bits per heavy atom. The number of halogens is 3. The zero-order chi connectivity index (χ0) is 25.3. The van der Waals surface area contributed by atoms with Crippen molar-refractivity contribution in [3.05, 3.63) is 59.7 Å². The molecule has 3 atom stereocenters. The molecular formula is C25H25F3N2O5. The average molecular weight is 490 g/mol. The molecule has 35 heavy (non-hydrogen) atoms. The van der Waals surface area contributed by atoms with E-state index in [4.69, 9.17) is 9.84 Å². The molecule has 0 radical (unpaired) electrons. The summed E-state index contributed by atoms with van der Waals surface area (Å²) in [7, 11) is 0. The Morgan fingerprint density at radius 2 is 1.63 bits per heavy atom. The minimum Gasteiger partial charge on any atom is -0.481 e. The first-order chi connectivity index (χ1) is 16.6. The SMILES string of the molecule is C[C@@H](CC(=O)N1CC(C(=O)O)C(C(F)(F)F)C1)NC(=O)OCC1c2ccccc2-c2ccccc21. The van der Waals surface area contributed by atoms with E-state index in [0.717, 1.165) is 27.2 Å². The van der Waals surface area contributed by atoms with E-state index in [1.54, 1.807) is 0 Å². The van der Waals surface area contributed by atoms with Crippen LogP contribution in [-0.4, -0.2) is 59.9 Å². The predicted molar refractivity (Wildman–Crippen MR) is 120 cm³/mol. The highest BCUT2D eigenvalue weighted by Gasteiger charge is 2.53. The summed E-state index contributed by atoms with van der Waals surface area (Å²) in [5.41, 5.74) is 4.26. The third-order valence-corrected chi connectivity index (χ3v) is 6.60. The number of hydrogen-bond donors (Lipinski definition) is 2. The number of carboxylic acid groups (broad SMARTS) is 1. The molecule has 2 amide bonds. The number of nitrogens with zero attached hydrogens (tertiary/aromatic N) is 1. The number of aliphatic carboxylic acids is 1. The van der Waals surface area contributed by atoms with Gasteiger partial charge in [-0.2, -0.15) is 13.2 Å². The summed E-state index contributed by atoms with van der Waals surface area (Å²) in [6.45, 7) is 0.387. The van der Waals surface area contributed by atoms with Gasteiger partial charge in [0.05, 0.1) is 11.8 Å². The summed E-state index contributed by atoms with van der Waals surface area (Å²) in [6, 6.07) is 15.0. The summed E-state index contributed by atoms with van der Waals surface area (Å²) in [4.78, 5) is 37.0. The first-order valence-corrected chi connectivity index (χ1v) is 11.2. The van der Waals surface area contributed by atoms with E-state index in [9.17, 15) is 27.6 Å². The molecule has 2 unspecified atom stereocenters. The van der Waals surface area contributed by atoms with Gasteiger partial charge in [-0.1, -0.05) is 48.5 Å². The summed E-state index contributed by atoms with van der Waals surface area (Å²) in [5.74, 6) is -6.21. The second kappa shape index (κ2) is 9.59. The zero-order valence-electron chi connectivity index (χ0n) is 18.9. The number of fused-ring (bicyclic) bond motifs is 3. The molecule has 0 bridgehead atoms. The van der Waals surface area contributed by atoms with Crippen LogP contribution in [0.3, 0.4) is 0 Å². The van der Waals surface area contributed by atoms with Crippen LogP contribution >= 0.6 is 0 Å². The van der Waals surface area contributed by atoms with Gasteiger partial charge in [-0.3, -0.25) is 9.59 Å². The van der Waals surface area contributed by atoms with Crippen LogP contribution in [0.2, 0.25) is 0 Å². The van der Waals surface area contributed by atoms with E-state index in [1.165, 1.54) is 6.92 Å². The van der Waals surface area contributed by atoms with Gasteiger partial charge in [0.2, 0.25) is 5.91 Å². The molecule has 4 rings (SSSR count). The average Bonchev–Trinajstić information content (AvgIpc) is 3.38. The second-order valence-corrected chi connectivity index (χ2v) is 8.97. The predicted octanol–water partition coefficient (Wildman–Crippen LogP) is 4.03. The first-order valence-electron chi connectivity index (χ1n) is 11.2. The standard InChI is InChI=1S/C25H25F3N2O5/c1-14(10-22(31)30-11-19(23(32)33)21(12-30)25(26,27)28)29-24(34)35-13-20-17-8-4-2-6-15(17)16-7-3-5-9-18(16)20/h2-9,14,19-21H,10-13H2,1H3,(H,29,34)(H,32,33)/t14-,19?,21?/m0/s1. The Labute approximate surface area is 199 Å². The van der Waals surface area contributed by atoms with Crippen molar-refractivity contribution in [2.24, 2.45) is 11.8 Å². The van der Waals surface area contributed by atoms with Gasteiger partial charge < -0.3 is 20.1 Å². The fourth-order valence-electron chi connectivity index (χ4n) is 4.87. The fraction of sp³-hybridized carbons (Fsp3) is 0.400. The second-order valence-electron chi connectivity index (χ2n) is 8.97. The van der Waals surface area contributed by atoms with Crippen molar-refractivity contribution < 1.29 is 37.4 Å². The molecule has 2 aromatic rings. The van der Waals surface area contributed by atoms with Crippen molar-refractivity contribution in [2.45, 2.75) is 31.5 Å². The Kier molecular flexibility index (Phi) is 6.73. The van der Waals surface area contributed by atoms with Crippen LogP contribution in [0.15, 0.2) is 48.5 Å². The summed E-state index contributed by atoms with van der Waals surface area (Å²) in [6.07, 6.45) is -5.74. The molecule has 2 aromatic carbocycles. The number of carbonyl (C=O) groups is 3. The minimum absolute atomic E-state index is 0.0835. The topological polar surface area (TPSA) is 95.9 Å². The van der Waals surface area contributed by atoms with Crippen molar-refractivity contribution >= 4 is 18.0 Å². The molecule has 1 heterocycles. The molecule has 0 aromatic heterocycles. The molecule has 2 aliphatic rings. The number of amides is 2. The van der Waals surface area contributed by atoms with Crippen LogP contribution in [0.25, 0.3) is 11.1 Å². The van der Waals surface area contributed by atoms with E-state index in [0.29, 0.717) is 0 Å². The molecule has 186 valence electrons. The number of ether oxygens (including phenoxy) is 1.